The van der Waals surface area contributed by atoms with Crippen molar-refractivity contribution in [3.63, 3.8) is 0 Å². The van der Waals surface area contributed by atoms with Crippen molar-refractivity contribution in [2.24, 2.45) is 5.73 Å². The molecule has 0 saturated carbocycles. The van der Waals surface area contributed by atoms with Crippen LogP contribution in [0.3, 0.4) is 0 Å². The minimum absolute atomic E-state index is 0.482. The predicted molar refractivity (Wildman–Crippen MR) is 75.1 cm³/mol. The number of anilines is 1. The number of amides is 3. The van der Waals surface area contributed by atoms with E-state index in [-0.39, 0.29) is 0 Å². The van der Waals surface area contributed by atoms with Gasteiger partial charge in [-0.2, -0.15) is 0 Å². The lowest BCUT2D eigenvalue weighted by Crippen LogP contribution is -2.45. The number of aliphatic carboxylic acids is 1. The smallest absolute Gasteiger partial charge is 0.326 e. The van der Waals surface area contributed by atoms with Crippen LogP contribution in [0.4, 0.5) is 10.5 Å². The molecule has 8 heteroatoms. The first-order chi connectivity index (χ1) is 9.83. The normalized spacial score (nSPS) is 11.3. The van der Waals surface area contributed by atoms with Crippen LogP contribution >= 0.6 is 0 Å². The predicted octanol–water partition coefficient (Wildman–Crippen LogP) is 0.454. The van der Waals surface area contributed by atoms with E-state index in [0.29, 0.717) is 11.4 Å². The molecule has 0 spiro atoms. The molecule has 1 aromatic carbocycles. The van der Waals surface area contributed by atoms with Gasteiger partial charge in [0.15, 0.2) is 0 Å². The molecule has 0 heterocycles. The van der Waals surface area contributed by atoms with E-state index in [0.717, 1.165) is 5.56 Å². The number of primary amides is 1. The molecule has 21 heavy (non-hydrogen) atoms. The summed E-state index contributed by atoms with van der Waals surface area (Å²) >= 11 is 0. The fourth-order valence-corrected chi connectivity index (χ4v) is 1.62. The van der Waals surface area contributed by atoms with E-state index in [1.165, 1.54) is 7.11 Å². The zero-order valence-electron chi connectivity index (χ0n) is 11.7. The summed E-state index contributed by atoms with van der Waals surface area (Å²) in [5, 5.41) is 13.6. The summed E-state index contributed by atoms with van der Waals surface area (Å²) in [5.74, 6) is -1.52. The highest BCUT2D eigenvalue weighted by Gasteiger charge is 2.22. The molecule has 0 radical (unpaired) electrons. The summed E-state index contributed by atoms with van der Waals surface area (Å²) < 4.78 is 5.04. The lowest BCUT2D eigenvalue weighted by atomic mass is 10.2. The van der Waals surface area contributed by atoms with Gasteiger partial charge in [0.1, 0.15) is 11.8 Å². The minimum atomic E-state index is -1.37. The highest BCUT2D eigenvalue weighted by atomic mass is 16.5. The molecule has 0 saturated heterocycles. The van der Waals surface area contributed by atoms with Gasteiger partial charge in [0.2, 0.25) is 5.91 Å². The second-order valence-electron chi connectivity index (χ2n) is 4.34. The fourth-order valence-electron chi connectivity index (χ4n) is 1.62. The van der Waals surface area contributed by atoms with Gasteiger partial charge in [0.25, 0.3) is 0 Å². The molecule has 8 nitrogen and oxygen atoms in total. The third-order valence-electron chi connectivity index (χ3n) is 2.69. The van der Waals surface area contributed by atoms with Gasteiger partial charge in [-0.05, 0) is 30.7 Å². The SMILES string of the molecule is COc1ccc(NC(=O)N[C@@H](CC(N)=O)C(=O)O)c(C)c1. The van der Waals surface area contributed by atoms with Crippen molar-refractivity contribution >= 4 is 23.6 Å². The number of carboxylic acids is 1. The topological polar surface area (TPSA) is 131 Å². The number of methoxy groups -OCH3 is 1. The standard InChI is InChI=1S/C13H17N3O5/c1-7-5-8(21-2)3-4-9(7)15-13(20)16-10(12(18)19)6-11(14)17/h3-5,10H,6H2,1-2H3,(H2,14,17)(H,18,19)(H2,15,16,20)/t10-/m0/s1. The number of ether oxygens (including phenoxy) is 1. The molecular weight excluding hydrogens is 278 g/mol. The van der Waals surface area contributed by atoms with Gasteiger partial charge in [-0.1, -0.05) is 0 Å². The van der Waals surface area contributed by atoms with Crippen molar-refractivity contribution in [1.82, 2.24) is 5.32 Å². The van der Waals surface area contributed by atoms with Crippen molar-refractivity contribution in [2.75, 3.05) is 12.4 Å². The molecule has 5 N–H and O–H groups in total. The number of urea groups is 1. The van der Waals surface area contributed by atoms with Gasteiger partial charge >= 0.3 is 12.0 Å². The van der Waals surface area contributed by atoms with Gasteiger partial charge in [-0.15, -0.1) is 0 Å². The highest BCUT2D eigenvalue weighted by molar-refractivity contribution is 5.94. The third-order valence-corrected chi connectivity index (χ3v) is 2.69. The number of carbonyl (C=O) groups is 3. The summed E-state index contributed by atoms with van der Waals surface area (Å²) in [6.07, 6.45) is -0.482. The van der Waals surface area contributed by atoms with Gasteiger partial charge in [-0.3, -0.25) is 4.79 Å². The lowest BCUT2D eigenvalue weighted by Gasteiger charge is -2.15. The molecule has 1 aromatic rings. The monoisotopic (exact) mass is 295 g/mol. The van der Waals surface area contributed by atoms with Crippen molar-refractivity contribution in [3.8, 4) is 5.75 Å². The van der Waals surface area contributed by atoms with Gasteiger partial charge in [0, 0.05) is 5.69 Å². The Bertz CT molecular complexity index is 559. The molecule has 1 rings (SSSR count). The van der Waals surface area contributed by atoms with Gasteiger partial charge < -0.3 is 26.2 Å². The molecule has 0 aliphatic carbocycles. The zero-order chi connectivity index (χ0) is 16.0. The molecule has 0 aromatic heterocycles. The largest absolute Gasteiger partial charge is 0.497 e. The number of nitrogens with one attached hydrogen (secondary N) is 2. The molecule has 0 aliphatic heterocycles. The van der Waals surface area contributed by atoms with Crippen LogP contribution in [0.5, 0.6) is 5.75 Å². The molecule has 0 fully saturated rings. The fraction of sp³-hybridized carbons (Fsp3) is 0.308. The van der Waals surface area contributed by atoms with Crippen molar-refractivity contribution < 1.29 is 24.2 Å². The summed E-state index contributed by atoms with van der Waals surface area (Å²) in [5.41, 5.74) is 6.17. The van der Waals surface area contributed by atoms with Crippen LogP contribution in [-0.4, -0.2) is 36.2 Å². The maximum absolute atomic E-state index is 11.7. The van der Waals surface area contributed by atoms with Crippen molar-refractivity contribution in [1.29, 1.82) is 0 Å². The van der Waals surface area contributed by atoms with E-state index in [1.54, 1.807) is 25.1 Å². The zero-order valence-corrected chi connectivity index (χ0v) is 11.7. The Hall–Kier alpha value is -2.77. The average Bonchev–Trinajstić information content (AvgIpc) is 2.39. The van der Waals surface area contributed by atoms with Gasteiger partial charge in [-0.25, -0.2) is 9.59 Å². The van der Waals surface area contributed by atoms with Crippen LogP contribution in [0, 0.1) is 6.92 Å². The molecule has 0 aliphatic rings. The highest BCUT2D eigenvalue weighted by Crippen LogP contribution is 2.20. The third kappa shape index (κ3) is 5.01. The van der Waals surface area contributed by atoms with E-state index < -0.39 is 30.4 Å². The molecule has 0 unspecified atom stereocenters. The second kappa shape index (κ2) is 7.13. The number of hydrogen-bond acceptors (Lipinski definition) is 4. The maximum Gasteiger partial charge on any atom is 0.326 e. The number of carbonyl (C=O) groups excluding carboxylic acids is 2. The number of benzene rings is 1. The Balaban J connectivity index is 2.72. The Kier molecular flexibility index (Phi) is 5.53. The Morgan fingerprint density at radius 3 is 2.52 bits per heavy atom. The summed E-state index contributed by atoms with van der Waals surface area (Å²) in [4.78, 5) is 33.4. The molecular formula is C13H17N3O5. The first-order valence-electron chi connectivity index (χ1n) is 6.06. The van der Waals surface area contributed by atoms with E-state index in [9.17, 15) is 14.4 Å². The number of rotatable bonds is 6. The molecule has 3 amide bonds. The molecule has 1 atom stereocenters. The Morgan fingerprint density at radius 2 is 2.05 bits per heavy atom. The molecule has 0 bridgehead atoms. The number of carboxylic acid groups (broad SMARTS) is 1. The van der Waals surface area contributed by atoms with Crippen LogP contribution in [0.2, 0.25) is 0 Å². The first-order valence-corrected chi connectivity index (χ1v) is 6.06. The van der Waals surface area contributed by atoms with Gasteiger partial charge in [0.05, 0.1) is 13.5 Å². The summed E-state index contributed by atoms with van der Waals surface area (Å²) in [6, 6.07) is 2.88. The van der Waals surface area contributed by atoms with E-state index in [2.05, 4.69) is 10.6 Å². The van der Waals surface area contributed by atoms with E-state index >= 15 is 0 Å². The first kappa shape index (κ1) is 16.3. The van der Waals surface area contributed by atoms with Crippen LogP contribution in [0.25, 0.3) is 0 Å². The number of hydrogen-bond donors (Lipinski definition) is 4. The second-order valence-corrected chi connectivity index (χ2v) is 4.34. The van der Waals surface area contributed by atoms with E-state index in [1.807, 2.05) is 0 Å². The number of aryl methyl sites for hydroxylation is 1. The van der Waals surface area contributed by atoms with Crippen LogP contribution in [0.1, 0.15) is 12.0 Å². The van der Waals surface area contributed by atoms with Crippen LogP contribution in [-0.2, 0) is 9.59 Å². The average molecular weight is 295 g/mol. The quantitative estimate of drug-likeness (QED) is 0.605. The summed E-state index contributed by atoms with van der Waals surface area (Å²) in [6.45, 7) is 1.76. The maximum atomic E-state index is 11.7. The molecule has 114 valence electrons. The lowest BCUT2D eigenvalue weighted by molar-refractivity contribution is -0.140. The minimum Gasteiger partial charge on any atom is -0.497 e. The summed E-state index contributed by atoms with van der Waals surface area (Å²) in [7, 11) is 1.52. The van der Waals surface area contributed by atoms with Crippen molar-refractivity contribution in [2.45, 2.75) is 19.4 Å². The Labute approximate surface area is 121 Å². The van der Waals surface area contributed by atoms with Crippen LogP contribution < -0.4 is 21.1 Å². The Morgan fingerprint density at radius 1 is 1.38 bits per heavy atom. The number of nitrogens with two attached hydrogens (primary N) is 1. The van der Waals surface area contributed by atoms with E-state index in [4.69, 9.17) is 15.6 Å². The van der Waals surface area contributed by atoms with Crippen LogP contribution in [0.15, 0.2) is 18.2 Å². The van der Waals surface area contributed by atoms with Crippen molar-refractivity contribution in [3.05, 3.63) is 23.8 Å².